The van der Waals surface area contributed by atoms with Gasteiger partial charge in [0.05, 0.1) is 18.3 Å². The molecule has 3 rings (SSSR count). The maximum absolute atomic E-state index is 13.1. The molecule has 2 N–H and O–H groups in total. The van der Waals surface area contributed by atoms with Gasteiger partial charge in [-0.15, -0.1) is 0 Å². The lowest BCUT2D eigenvalue weighted by atomic mass is 10.2. The fraction of sp³-hybridized carbons (Fsp3) is 0.250. The maximum atomic E-state index is 13.1. The first kappa shape index (κ1) is 16.6. The summed E-state index contributed by atoms with van der Waals surface area (Å²) < 4.78 is 19.9. The van der Waals surface area contributed by atoms with Crippen LogP contribution in [-0.4, -0.2) is 26.0 Å². The lowest BCUT2D eigenvalue weighted by Crippen LogP contribution is -2.34. The summed E-state index contributed by atoms with van der Waals surface area (Å²) in [6.07, 6.45) is 3.46. The van der Waals surface area contributed by atoms with E-state index in [1.807, 2.05) is 13.1 Å². The number of amides is 2. The second kappa shape index (κ2) is 7.56. The zero-order valence-electron chi connectivity index (χ0n) is 13.6. The standard InChI is InChI=1S/C16H17FN6O2/c1-2-23-10-12(8-20-23)15-21-14(25-22-15)9-19-16(24)18-7-11-4-3-5-13(17)6-11/h3-6,8,10H,2,7,9H2,1H3,(H2,18,19,24). The molecule has 0 radical (unpaired) electrons. The Balaban J connectivity index is 1.49. The van der Waals surface area contributed by atoms with Crippen molar-refractivity contribution in [1.29, 1.82) is 0 Å². The molecule has 3 aromatic rings. The zero-order chi connectivity index (χ0) is 17.6. The van der Waals surface area contributed by atoms with Crippen molar-refractivity contribution in [2.45, 2.75) is 26.6 Å². The third kappa shape index (κ3) is 4.40. The SMILES string of the molecule is CCn1cc(-c2noc(CNC(=O)NCc3cccc(F)c3)n2)cn1. The predicted octanol–water partition coefficient (Wildman–Crippen LogP) is 2.09. The van der Waals surface area contributed by atoms with Crippen molar-refractivity contribution in [2.24, 2.45) is 0 Å². The smallest absolute Gasteiger partial charge is 0.315 e. The van der Waals surface area contributed by atoms with Gasteiger partial charge in [0.25, 0.3) is 0 Å². The molecule has 0 aliphatic rings. The van der Waals surface area contributed by atoms with Crippen LogP contribution in [0.2, 0.25) is 0 Å². The lowest BCUT2D eigenvalue weighted by molar-refractivity contribution is 0.238. The summed E-state index contributed by atoms with van der Waals surface area (Å²) in [7, 11) is 0. The minimum atomic E-state index is -0.414. The van der Waals surface area contributed by atoms with E-state index in [1.165, 1.54) is 12.1 Å². The first-order valence-electron chi connectivity index (χ1n) is 7.75. The molecule has 0 saturated heterocycles. The molecule has 0 atom stereocenters. The second-order valence-electron chi connectivity index (χ2n) is 5.26. The number of benzene rings is 1. The molecule has 130 valence electrons. The Morgan fingerprint density at radius 2 is 2.16 bits per heavy atom. The number of nitrogens with one attached hydrogen (secondary N) is 2. The minimum absolute atomic E-state index is 0.0872. The van der Waals surface area contributed by atoms with Crippen molar-refractivity contribution >= 4 is 6.03 Å². The minimum Gasteiger partial charge on any atom is -0.337 e. The van der Waals surface area contributed by atoms with Gasteiger partial charge in [-0.25, -0.2) is 9.18 Å². The number of aromatic nitrogens is 4. The number of hydrogen-bond donors (Lipinski definition) is 2. The van der Waals surface area contributed by atoms with Crippen LogP contribution in [-0.2, 0) is 19.6 Å². The highest BCUT2D eigenvalue weighted by Gasteiger charge is 2.11. The van der Waals surface area contributed by atoms with E-state index in [2.05, 4.69) is 25.9 Å². The summed E-state index contributed by atoms with van der Waals surface area (Å²) in [5.74, 6) is 0.348. The molecular weight excluding hydrogens is 327 g/mol. The average Bonchev–Trinajstić information content (AvgIpc) is 3.27. The number of carbonyl (C=O) groups excluding carboxylic acids is 1. The molecule has 2 aromatic heterocycles. The van der Waals surface area contributed by atoms with Crippen molar-refractivity contribution in [3.05, 3.63) is 53.9 Å². The maximum Gasteiger partial charge on any atom is 0.315 e. The van der Waals surface area contributed by atoms with E-state index in [1.54, 1.807) is 23.0 Å². The van der Waals surface area contributed by atoms with Gasteiger partial charge >= 0.3 is 6.03 Å². The summed E-state index contributed by atoms with van der Waals surface area (Å²) in [4.78, 5) is 16.0. The number of urea groups is 1. The molecule has 9 heteroatoms. The number of halogens is 1. The molecular formula is C16H17FN6O2. The van der Waals surface area contributed by atoms with Gasteiger partial charge in [0, 0.05) is 19.3 Å². The van der Waals surface area contributed by atoms with Crippen LogP contribution in [0.25, 0.3) is 11.4 Å². The number of rotatable bonds is 6. The molecule has 0 spiro atoms. The van der Waals surface area contributed by atoms with E-state index < -0.39 is 6.03 Å². The Morgan fingerprint density at radius 3 is 2.92 bits per heavy atom. The van der Waals surface area contributed by atoms with Crippen LogP contribution in [0.1, 0.15) is 18.4 Å². The lowest BCUT2D eigenvalue weighted by Gasteiger charge is -2.05. The Kier molecular flexibility index (Phi) is 5.03. The van der Waals surface area contributed by atoms with Crippen LogP contribution in [0.15, 0.2) is 41.2 Å². The number of hydrogen-bond acceptors (Lipinski definition) is 5. The van der Waals surface area contributed by atoms with E-state index in [4.69, 9.17) is 4.52 Å². The third-order valence-electron chi connectivity index (χ3n) is 3.43. The van der Waals surface area contributed by atoms with Gasteiger partial charge in [0.2, 0.25) is 11.7 Å². The topological polar surface area (TPSA) is 97.9 Å². The second-order valence-corrected chi connectivity index (χ2v) is 5.26. The summed E-state index contributed by atoms with van der Waals surface area (Å²) in [5, 5.41) is 13.2. The first-order chi connectivity index (χ1) is 12.1. The Labute approximate surface area is 143 Å². The van der Waals surface area contributed by atoms with Crippen molar-refractivity contribution < 1.29 is 13.7 Å². The van der Waals surface area contributed by atoms with E-state index in [0.717, 1.165) is 12.1 Å². The van der Waals surface area contributed by atoms with Gasteiger partial charge < -0.3 is 15.2 Å². The summed E-state index contributed by atoms with van der Waals surface area (Å²) in [6, 6.07) is 5.61. The van der Waals surface area contributed by atoms with Crippen LogP contribution in [0, 0.1) is 5.82 Å². The normalized spacial score (nSPS) is 10.6. The van der Waals surface area contributed by atoms with E-state index >= 15 is 0 Å². The van der Waals surface area contributed by atoms with Crippen LogP contribution in [0.5, 0.6) is 0 Å². The molecule has 1 aromatic carbocycles. The van der Waals surface area contributed by atoms with Gasteiger partial charge in [-0.2, -0.15) is 10.1 Å². The van der Waals surface area contributed by atoms with E-state index in [-0.39, 0.29) is 24.8 Å². The Bertz CT molecular complexity index is 860. The highest BCUT2D eigenvalue weighted by molar-refractivity contribution is 5.73. The zero-order valence-corrected chi connectivity index (χ0v) is 13.6. The summed E-state index contributed by atoms with van der Waals surface area (Å²) >= 11 is 0. The van der Waals surface area contributed by atoms with Gasteiger partial charge in [-0.3, -0.25) is 4.68 Å². The Morgan fingerprint density at radius 1 is 1.32 bits per heavy atom. The molecule has 0 aliphatic carbocycles. The molecule has 2 heterocycles. The van der Waals surface area contributed by atoms with Crippen LogP contribution < -0.4 is 10.6 Å². The van der Waals surface area contributed by atoms with Crippen molar-refractivity contribution in [1.82, 2.24) is 30.6 Å². The molecule has 0 aliphatic heterocycles. The van der Waals surface area contributed by atoms with Crippen molar-refractivity contribution in [3.63, 3.8) is 0 Å². The van der Waals surface area contributed by atoms with Crippen LogP contribution in [0.3, 0.4) is 0 Å². The van der Waals surface area contributed by atoms with Crippen molar-refractivity contribution in [2.75, 3.05) is 0 Å². The molecule has 25 heavy (non-hydrogen) atoms. The van der Waals surface area contributed by atoms with Gasteiger partial charge in [-0.1, -0.05) is 17.3 Å². The molecule has 0 bridgehead atoms. The molecule has 0 unspecified atom stereocenters. The van der Waals surface area contributed by atoms with Crippen LogP contribution in [0.4, 0.5) is 9.18 Å². The van der Waals surface area contributed by atoms with Gasteiger partial charge in [0.15, 0.2) is 0 Å². The molecule has 8 nitrogen and oxygen atoms in total. The quantitative estimate of drug-likeness (QED) is 0.713. The average molecular weight is 344 g/mol. The monoisotopic (exact) mass is 344 g/mol. The fourth-order valence-corrected chi connectivity index (χ4v) is 2.14. The van der Waals surface area contributed by atoms with Crippen molar-refractivity contribution in [3.8, 4) is 11.4 Å². The number of aryl methyl sites for hydroxylation is 1. The first-order valence-corrected chi connectivity index (χ1v) is 7.75. The van der Waals surface area contributed by atoms with Gasteiger partial charge in [-0.05, 0) is 24.6 Å². The predicted molar refractivity (Wildman–Crippen MR) is 86.7 cm³/mol. The van der Waals surface area contributed by atoms with E-state index in [9.17, 15) is 9.18 Å². The Hall–Kier alpha value is -3.23. The molecule has 0 saturated carbocycles. The van der Waals surface area contributed by atoms with Gasteiger partial charge in [0.1, 0.15) is 5.82 Å². The molecule has 0 fully saturated rings. The van der Waals surface area contributed by atoms with Crippen LogP contribution >= 0.6 is 0 Å². The third-order valence-corrected chi connectivity index (χ3v) is 3.43. The highest BCUT2D eigenvalue weighted by atomic mass is 19.1. The number of nitrogens with zero attached hydrogens (tertiary/aromatic N) is 4. The summed E-state index contributed by atoms with van der Waals surface area (Å²) in [5.41, 5.74) is 1.41. The fourth-order valence-electron chi connectivity index (χ4n) is 2.14. The number of carbonyl (C=O) groups is 1. The molecule has 2 amide bonds. The van der Waals surface area contributed by atoms with E-state index in [0.29, 0.717) is 11.4 Å². The summed E-state index contributed by atoms with van der Waals surface area (Å²) in [6.45, 7) is 3.03. The highest BCUT2D eigenvalue weighted by Crippen LogP contribution is 2.14. The largest absolute Gasteiger partial charge is 0.337 e.